The quantitative estimate of drug-likeness (QED) is 0.704. The number of H-pyrrole nitrogens is 1. The molecule has 4 nitrogen and oxygen atoms in total. The molecule has 74 valence electrons. The predicted molar refractivity (Wildman–Crippen MR) is 54.7 cm³/mol. The number of thioether (sulfide) groups is 1. The molecule has 0 fully saturated rings. The number of nitrogens with one attached hydrogen (secondary N) is 1. The van der Waals surface area contributed by atoms with E-state index in [0.717, 1.165) is 29.6 Å². The Hall–Kier alpha value is -0.550. The van der Waals surface area contributed by atoms with Gasteiger partial charge in [-0.3, -0.25) is 5.10 Å². The summed E-state index contributed by atoms with van der Waals surface area (Å²) < 4.78 is 0. The van der Waals surface area contributed by atoms with E-state index < -0.39 is 0 Å². The zero-order valence-electron chi connectivity index (χ0n) is 8.08. The van der Waals surface area contributed by atoms with Crippen molar-refractivity contribution in [2.75, 3.05) is 5.75 Å². The molecule has 0 bridgehead atoms. The lowest BCUT2D eigenvalue weighted by Crippen LogP contribution is -2.22. The summed E-state index contributed by atoms with van der Waals surface area (Å²) in [6, 6.07) is 0.258. The Bertz CT molecular complexity index is 248. The highest BCUT2D eigenvalue weighted by Crippen LogP contribution is 2.13. The van der Waals surface area contributed by atoms with Gasteiger partial charge in [0.15, 0.2) is 0 Å². The Morgan fingerprint density at radius 1 is 1.62 bits per heavy atom. The van der Waals surface area contributed by atoms with Crippen LogP contribution in [-0.4, -0.2) is 27.0 Å². The Kier molecular flexibility index (Phi) is 4.24. The highest BCUT2D eigenvalue weighted by Gasteiger charge is 2.05. The van der Waals surface area contributed by atoms with Crippen LogP contribution in [-0.2, 0) is 0 Å². The van der Waals surface area contributed by atoms with Crippen LogP contribution in [0.1, 0.15) is 25.6 Å². The van der Waals surface area contributed by atoms with Crippen LogP contribution in [0.25, 0.3) is 0 Å². The number of rotatable bonds is 5. The van der Waals surface area contributed by atoms with E-state index in [4.69, 9.17) is 5.73 Å². The Morgan fingerprint density at radius 3 is 2.92 bits per heavy atom. The first-order valence-corrected chi connectivity index (χ1v) is 5.48. The average Bonchev–Trinajstić information content (AvgIpc) is 2.49. The van der Waals surface area contributed by atoms with E-state index in [-0.39, 0.29) is 6.04 Å². The summed E-state index contributed by atoms with van der Waals surface area (Å²) in [6.07, 6.45) is 2.20. The van der Waals surface area contributed by atoms with E-state index >= 15 is 0 Å². The Balaban J connectivity index is 2.26. The van der Waals surface area contributed by atoms with E-state index in [1.54, 1.807) is 11.8 Å². The van der Waals surface area contributed by atoms with Crippen LogP contribution in [0.4, 0.5) is 0 Å². The first kappa shape index (κ1) is 10.5. The van der Waals surface area contributed by atoms with Crippen molar-refractivity contribution in [3.8, 4) is 0 Å². The smallest absolute Gasteiger partial charge is 0.208 e. The molecule has 0 spiro atoms. The van der Waals surface area contributed by atoms with Gasteiger partial charge < -0.3 is 5.73 Å². The fraction of sp³-hybridized carbons (Fsp3) is 0.750. The number of aryl methyl sites for hydroxylation is 1. The van der Waals surface area contributed by atoms with E-state index in [2.05, 4.69) is 22.1 Å². The first-order chi connectivity index (χ1) is 6.22. The van der Waals surface area contributed by atoms with Gasteiger partial charge >= 0.3 is 0 Å². The van der Waals surface area contributed by atoms with Crippen LogP contribution >= 0.6 is 11.8 Å². The maximum Gasteiger partial charge on any atom is 0.208 e. The summed E-state index contributed by atoms with van der Waals surface area (Å²) in [4.78, 5) is 4.18. The summed E-state index contributed by atoms with van der Waals surface area (Å²) in [7, 11) is 0. The van der Waals surface area contributed by atoms with Gasteiger partial charge in [-0.05, 0) is 13.3 Å². The van der Waals surface area contributed by atoms with Crippen molar-refractivity contribution in [2.45, 2.75) is 37.9 Å². The van der Waals surface area contributed by atoms with Crippen LogP contribution in [0.3, 0.4) is 0 Å². The Labute approximate surface area is 82.7 Å². The summed E-state index contributed by atoms with van der Waals surface area (Å²) in [6.45, 7) is 4.03. The normalized spacial score (nSPS) is 13.2. The number of hydrogen-bond acceptors (Lipinski definition) is 4. The molecule has 5 heteroatoms. The van der Waals surface area contributed by atoms with Gasteiger partial charge in [0.1, 0.15) is 5.82 Å². The van der Waals surface area contributed by atoms with E-state index in [1.807, 2.05) is 6.92 Å². The molecule has 1 atom stereocenters. The molecule has 0 saturated heterocycles. The molecule has 0 amide bonds. The first-order valence-electron chi connectivity index (χ1n) is 4.49. The molecule has 3 N–H and O–H groups in total. The molecule has 0 aliphatic carbocycles. The lowest BCUT2D eigenvalue weighted by Gasteiger charge is -2.06. The fourth-order valence-corrected chi connectivity index (χ4v) is 1.86. The van der Waals surface area contributed by atoms with Gasteiger partial charge in [0.2, 0.25) is 5.16 Å². The molecule has 1 unspecified atom stereocenters. The maximum atomic E-state index is 5.85. The van der Waals surface area contributed by atoms with Crippen molar-refractivity contribution in [1.82, 2.24) is 15.2 Å². The molecular formula is C8H16N4S. The van der Waals surface area contributed by atoms with E-state index in [9.17, 15) is 0 Å². The molecule has 0 saturated carbocycles. The summed E-state index contributed by atoms with van der Waals surface area (Å²) in [5.41, 5.74) is 5.85. The van der Waals surface area contributed by atoms with Crippen molar-refractivity contribution >= 4 is 11.8 Å². The van der Waals surface area contributed by atoms with Gasteiger partial charge in [0, 0.05) is 11.8 Å². The van der Waals surface area contributed by atoms with E-state index in [0.29, 0.717) is 0 Å². The third-order valence-electron chi connectivity index (χ3n) is 1.66. The number of aromatic amines is 1. The topological polar surface area (TPSA) is 67.6 Å². The zero-order valence-corrected chi connectivity index (χ0v) is 8.90. The standard InChI is InChI=1S/C8H16N4S/c1-3-4-7(9)5-13-8-10-6(2)11-12-8/h7H,3-5,9H2,1-2H3,(H,10,11,12). The van der Waals surface area contributed by atoms with Crippen molar-refractivity contribution in [2.24, 2.45) is 5.73 Å². The minimum absolute atomic E-state index is 0.258. The lowest BCUT2D eigenvalue weighted by molar-refractivity contribution is 0.660. The molecular weight excluding hydrogens is 184 g/mol. The molecule has 1 aromatic heterocycles. The molecule has 1 aromatic rings. The van der Waals surface area contributed by atoms with E-state index in [1.165, 1.54) is 0 Å². The van der Waals surface area contributed by atoms with Crippen molar-refractivity contribution in [3.63, 3.8) is 0 Å². The second kappa shape index (κ2) is 5.24. The number of hydrogen-bond donors (Lipinski definition) is 2. The number of nitrogens with zero attached hydrogens (tertiary/aromatic N) is 2. The SMILES string of the molecule is CCCC(N)CSc1n[nH]c(C)n1. The van der Waals surface area contributed by atoms with Crippen LogP contribution in [0, 0.1) is 6.92 Å². The van der Waals surface area contributed by atoms with Gasteiger partial charge in [0.05, 0.1) is 0 Å². The highest BCUT2D eigenvalue weighted by atomic mass is 32.2. The monoisotopic (exact) mass is 200 g/mol. The summed E-state index contributed by atoms with van der Waals surface area (Å²) >= 11 is 1.61. The molecule has 1 heterocycles. The summed E-state index contributed by atoms with van der Waals surface area (Å²) in [5.74, 6) is 1.75. The van der Waals surface area contributed by atoms with Gasteiger partial charge in [-0.1, -0.05) is 25.1 Å². The van der Waals surface area contributed by atoms with Gasteiger partial charge in [-0.2, -0.15) is 0 Å². The van der Waals surface area contributed by atoms with Crippen molar-refractivity contribution < 1.29 is 0 Å². The van der Waals surface area contributed by atoms with Crippen LogP contribution in [0.15, 0.2) is 5.16 Å². The largest absolute Gasteiger partial charge is 0.327 e. The minimum atomic E-state index is 0.258. The molecule has 0 aromatic carbocycles. The van der Waals surface area contributed by atoms with Crippen LogP contribution < -0.4 is 5.73 Å². The third-order valence-corrected chi connectivity index (χ3v) is 2.70. The third kappa shape index (κ3) is 3.78. The maximum absolute atomic E-state index is 5.85. The van der Waals surface area contributed by atoms with Crippen LogP contribution in [0.2, 0.25) is 0 Å². The lowest BCUT2D eigenvalue weighted by atomic mass is 10.2. The molecule has 0 aliphatic rings. The van der Waals surface area contributed by atoms with Gasteiger partial charge in [-0.25, -0.2) is 4.98 Å². The second-order valence-electron chi connectivity index (χ2n) is 3.06. The second-order valence-corrected chi connectivity index (χ2v) is 4.05. The summed E-state index contributed by atoms with van der Waals surface area (Å²) in [5, 5.41) is 7.62. The molecule has 1 rings (SSSR count). The Morgan fingerprint density at radius 2 is 2.38 bits per heavy atom. The molecule has 0 aliphatic heterocycles. The van der Waals surface area contributed by atoms with Gasteiger partial charge in [-0.15, -0.1) is 5.10 Å². The van der Waals surface area contributed by atoms with Crippen molar-refractivity contribution in [1.29, 1.82) is 0 Å². The van der Waals surface area contributed by atoms with Crippen molar-refractivity contribution in [3.05, 3.63) is 5.82 Å². The fourth-order valence-electron chi connectivity index (χ4n) is 1.02. The predicted octanol–water partition coefficient (Wildman–Crippen LogP) is 1.33. The number of nitrogens with two attached hydrogens (primary N) is 1. The minimum Gasteiger partial charge on any atom is -0.327 e. The molecule has 13 heavy (non-hydrogen) atoms. The van der Waals surface area contributed by atoms with Crippen LogP contribution in [0.5, 0.6) is 0 Å². The highest BCUT2D eigenvalue weighted by molar-refractivity contribution is 7.99. The molecule has 0 radical (unpaired) electrons. The average molecular weight is 200 g/mol. The zero-order chi connectivity index (χ0) is 9.68. The number of aromatic nitrogens is 3. The van der Waals surface area contributed by atoms with Gasteiger partial charge in [0.25, 0.3) is 0 Å².